The Morgan fingerprint density at radius 1 is 1.00 bits per heavy atom. The van der Waals surface area contributed by atoms with Gasteiger partial charge in [-0.15, -0.1) is 0 Å². The molecule has 2 rings (SSSR count). The predicted octanol–water partition coefficient (Wildman–Crippen LogP) is 2.46. The van der Waals surface area contributed by atoms with E-state index in [1.165, 1.54) is 45.6 Å². The van der Waals surface area contributed by atoms with E-state index in [4.69, 9.17) is 14.2 Å². The highest BCUT2D eigenvalue weighted by molar-refractivity contribution is 5.97. The van der Waals surface area contributed by atoms with Crippen molar-refractivity contribution in [1.29, 1.82) is 0 Å². The van der Waals surface area contributed by atoms with Crippen LogP contribution in [0.3, 0.4) is 0 Å². The maximum Gasteiger partial charge on any atom is 0.251 e. The minimum Gasteiger partial charge on any atom is -0.493 e. The van der Waals surface area contributed by atoms with Crippen molar-refractivity contribution in [1.82, 2.24) is 10.6 Å². The van der Waals surface area contributed by atoms with Crippen molar-refractivity contribution in [3.63, 3.8) is 0 Å². The molecular formula is C20H23FN2O5. The summed E-state index contributed by atoms with van der Waals surface area (Å²) in [6.45, 7) is 1.55. The highest BCUT2D eigenvalue weighted by Crippen LogP contribution is 2.38. The van der Waals surface area contributed by atoms with Gasteiger partial charge >= 0.3 is 0 Å². The summed E-state index contributed by atoms with van der Waals surface area (Å²) in [6, 6.07) is 8.50. The maximum atomic E-state index is 13.0. The molecule has 0 heterocycles. The number of rotatable bonds is 8. The third kappa shape index (κ3) is 5.12. The first-order valence-electron chi connectivity index (χ1n) is 8.52. The number of carbonyl (C=O) groups excluding carboxylic acids is 2. The molecule has 8 heteroatoms. The molecule has 150 valence electrons. The molecule has 0 aliphatic rings. The van der Waals surface area contributed by atoms with Crippen molar-refractivity contribution in [2.75, 3.05) is 27.9 Å². The molecular weight excluding hydrogens is 367 g/mol. The molecule has 0 bridgehead atoms. The van der Waals surface area contributed by atoms with E-state index in [9.17, 15) is 14.0 Å². The molecule has 1 unspecified atom stereocenters. The molecule has 2 N–H and O–H groups in total. The highest BCUT2D eigenvalue weighted by atomic mass is 19.1. The average Bonchev–Trinajstić information content (AvgIpc) is 2.71. The van der Waals surface area contributed by atoms with Crippen molar-refractivity contribution < 1.29 is 28.2 Å². The maximum absolute atomic E-state index is 13.0. The van der Waals surface area contributed by atoms with Crippen LogP contribution >= 0.6 is 0 Å². The van der Waals surface area contributed by atoms with Crippen molar-refractivity contribution in [3.05, 3.63) is 53.3 Å². The van der Waals surface area contributed by atoms with Gasteiger partial charge in [-0.25, -0.2) is 4.39 Å². The second-order valence-electron chi connectivity index (χ2n) is 5.94. The topological polar surface area (TPSA) is 85.9 Å². The lowest BCUT2D eigenvalue weighted by atomic mass is 10.1. The SMILES string of the molecule is COc1cc(C(=O)NCC(=O)NC(C)c2ccc(F)cc2)cc(OC)c1OC. The Labute approximate surface area is 162 Å². The summed E-state index contributed by atoms with van der Waals surface area (Å²) in [5.41, 5.74) is 1.01. The van der Waals surface area contributed by atoms with Gasteiger partial charge < -0.3 is 24.8 Å². The van der Waals surface area contributed by atoms with Crippen LogP contribution in [-0.2, 0) is 4.79 Å². The molecule has 1 atom stereocenters. The summed E-state index contributed by atoms with van der Waals surface area (Å²) in [5, 5.41) is 5.28. The van der Waals surface area contributed by atoms with Crippen LogP contribution in [0.25, 0.3) is 0 Å². The zero-order chi connectivity index (χ0) is 20.7. The van der Waals surface area contributed by atoms with Crippen LogP contribution in [0.2, 0.25) is 0 Å². The summed E-state index contributed by atoms with van der Waals surface area (Å²) >= 11 is 0. The number of nitrogens with one attached hydrogen (secondary N) is 2. The van der Waals surface area contributed by atoms with Crippen molar-refractivity contribution in [2.45, 2.75) is 13.0 Å². The van der Waals surface area contributed by atoms with Crippen LogP contribution in [-0.4, -0.2) is 39.7 Å². The molecule has 0 aromatic heterocycles. The Hall–Kier alpha value is -3.29. The van der Waals surface area contributed by atoms with E-state index in [2.05, 4.69) is 10.6 Å². The first-order chi connectivity index (χ1) is 13.4. The Bertz CT molecular complexity index is 814. The molecule has 2 amide bonds. The quantitative estimate of drug-likeness (QED) is 0.723. The number of ether oxygens (including phenoxy) is 3. The number of hydrogen-bond donors (Lipinski definition) is 2. The molecule has 0 spiro atoms. The largest absolute Gasteiger partial charge is 0.493 e. The highest BCUT2D eigenvalue weighted by Gasteiger charge is 2.18. The number of carbonyl (C=O) groups is 2. The van der Waals surface area contributed by atoms with E-state index < -0.39 is 5.91 Å². The lowest BCUT2D eigenvalue weighted by molar-refractivity contribution is -0.120. The van der Waals surface area contributed by atoms with Gasteiger partial charge in [0, 0.05) is 5.56 Å². The van der Waals surface area contributed by atoms with Crippen LogP contribution in [0.1, 0.15) is 28.9 Å². The fourth-order valence-corrected chi connectivity index (χ4v) is 2.60. The molecule has 0 aliphatic heterocycles. The molecule has 0 aliphatic carbocycles. The number of halogens is 1. The van der Waals surface area contributed by atoms with Gasteiger partial charge in [-0.3, -0.25) is 9.59 Å². The molecule has 0 saturated carbocycles. The normalized spacial score (nSPS) is 11.3. The molecule has 0 radical (unpaired) electrons. The lowest BCUT2D eigenvalue weighted by Gasteiger charge is -2.16. The van der Waals surface area contributed by atoms with Crippen LogP contribution < -0.4 is 24.8 Å². The third-order valence-corrected chi connectivity index (χ3v) is 4.08. The lowest BCUT2D eigenvalue weighted by Crippen LogP contribution is -2.38. The van der Waals surface area contributed by atoms with Crippen LogP contribution in [0, 0.1) is 5.82 Å². The van der Waals surface area contributed by atoms with Crippen molar-refractivity contribution in [2.24, 2.45) is 0 Å². The van der Waals surface area contributed by atoms with Crippen LogP contribution in [0.4, 0.5) is 4.39 Å². The van der Waals surface area contributed by atoms with E-state index in [0.717, 1.165) is 5.56 Å². The molecule has 2 aromatic carbocycles. The van der Waals surface area contributed by atoms with Gasteiger partial charge in [-0.05, 0) is 36.8 Å². The Kier molecular flexibility index (Phi) is 7.20. The molecule has 0 saturated heterocycles. The van der Waals surface area contributed by atoms with Gasteiger partial charge in [0.25, 0.3) is 5.91 Å². The van der Waals surface area contributed by atoms with Gasteiger partial charge in [0.1, 0.15) is 5.82 Å². The van der Waals surface area contributed by atoms with E-state index in [1.807, 2.05) is 0 Å². The fraction of sp³-hybridized carbons (Fsp3) is 0.300. The average molecular weight is 390 g/mol. The molecule has 2 aromatic rings. The zero-order valence-electron chi connectivity index (χ0n) is 16.2. The van der Waals surface area contributed by atoms with Gasteiger partial charge in [-0.1, -0.05) is 12.1 Å². The summed E-state index contributed by atoms with van der Waals surface area (Å²) in [4.78, 5) is 24.5. The Morgan fingerprint density at radius 3 is 2.07 bits per heavy atom. The zero-order valence-corrected chi connectivity index (χ0v) is 16.2. The molecule has 7 nitrogen and oxygen atoms in total. The number of hydrogen-bond acceptors (Lipinski definition) is 5. The monoisotopic (exact) mass is 390 g/mol. The van der Waals surface area contributed by atoms with Crippen LogP contribution in [0.5, 0.6) is 17.2 Å². The fourth-order valence-electron chi connectivity index (χ4n) is 2.60. The summed E-state index contributed by atoms with van der Waals surface area (Å²) in [5.74, 6) is -0.156. The van der Waals surface area contributed by atoms with Gasteiger partial charge in [0.05, 0.1) is 33.9 Å². The number of methoxy groups -OCH3 is 3. The van der Waals surface area contributed by atoms with Gasteiger partial charge in [0.2, 0.25) is 11.7 Å². The van der Waals surface area contributed by atoms with Crippen molar-refractivity contribution >= 4 is 11.8 Å². The first-order valence-corrected chi connectivity index (χ1v) is 8.52. The van der Waals surface area contributed by atoms with Crippen molar-refractivity contribution in [3.8, 4) is 17.2 Å². The van der Waals surface area contributed by atoms with Gasteiger partial charge in [-0.2, -0.15) is 0 Å². The molecule has 0 fully saturated rings. The summed E-state index contributed by atoms with van der Waals surface area (Å²) in [6.07, 6.45) is 0. The predicted molar refractivity (Wildman–Crippen MR) is 101 cm³/mol. The second-order valence-corrected chi connectivity index (χ2v) is 5.94. The van der Waals surface area contributed by atoms with E-state index in [1.54, 1.807) is 19.1 Å². The Balaban J connectivity index is 1.99. The summed E-state index contributed by atoms with van der Waals surface area (Å²) < 4.78 is 28.6. The van der Waals surface area contributed by atoms with E-state index in [0.29, 0.717) is 17.2 Å². The minimum absolute atomic E-state index is 0.221. The Morgan fingerprint density at radius 2 is 1.57 bits per heavy atom. The van der Waals surface area contributed by atoms with E-state index in [-0.39, 0.29) is 29.9 Å². The first kappa shape index (κ1) is 21.0. The number of amides is 2. The minimum atomic E-state index is -0.469. The molecule has 28 heavy (non-hydrogen) atoms. The number of benzene rings is 2. The third-order valence-electron chi connectivity index (χ3n) is 4.08. The van der Waals surface area contributed by atoms with E-state index >= 15 is 0 Å². The standard InChI is InChI=1S/C20H23FN2O5/c1-12(13-5-7-15(21)8-6-13)23-18(24)11-22-20(25)14-9-16(26-2)19(28-4)17(10-14)27-3/h5-10,12H,11H2,1-4H3,(H,22,25)(H,23,24). The smallest absolute Gasteiger partial charge is 0.251 e. The second kappa shape index (κ2) is 9.59. The van der Waals surface area contributed by atoms with Crippen LogP contribution in [0.15, 0.2) is 36.4 Å². The summed E-state index contributed by atoms with van der Waals surface area (Å²) in [7, 11) is 4.36. The van der Waals surface area contributed by atoms with Gasteiger partial charge in [0.15, 0.2) is 11.5 Å².